The molecule has 162 valence electrons. The minimum Gasteiger partial charge on any atom is -0.399 e. The molecule has 4 N–H and O–H groups in total. The van der Waals surface area contributed by atoms with Gasteiger partial charge in [0.2, 0.25) is 0 Å². The number of nitrogens with two attached hydrogens (primary N) is 2. The first-order chi connectivity index (χ1) is 14.6. The number of hydrogen-bond donors (Lipinski definition) is 2. The average molecular weight is 405 g/mol. The molecule has 2 fully saturated rings. The lowest BCUT2D eigenvalue weighted by Crippen LogP contribution is -2.25. The van der Waals surface area contributed by atoms with Crippen LogP contribution in [0.5, 0.6) is 0 Å². The molecule has 0 saturated heterocycles. The largest absolute Gasteiger partial charge is 0.399 e. The summed E-state index contributed by atoms with van der Waals surface area (Å²) in [4.78, 5) is 0. The maximum absolute atomic E-state index is 6.53. The van der Waals surface area contributed by atoms with E-state index in [1.807, 2.05) is 12.1 Å². The van der Waals surface area contributed by atoms with Crippen LogP contribution < -0.4 is 11.5 Å². The Kier molecular flexibility index (Phi) is 7.02. The fourth-order valence-electron chi connectivity index (χ4n) is 6.24. The molecule has 2 saturated carbocycles. The van der Waals surface area contributed by atoms with Gasteiger partial charge < -0.3 is 11.5 Å². The normalized spacial score (nSPS) is 27.1. The predicted octanol–water partition coefficient (Wildman–Crippen LogP) is 7.32. The van der Waals surface area contributed by atoms with Crippen LogP contribution in [0.1, 0.15) is 93.7 Å². The molecule has 2 nitrogen and oxygen atoms in total. The van der Waals surface area contributed by atoms with Gasteiger partial charge in [-0.25, -0.2) is 0 Å². The Morgan fingerprint density at radius 2 is 1.33 bits per heavy atom. The van der Waals surface area contributed by atoms with Gasteiger partial charge in [-0.05, 0) is 104 Å². The van der Waals surface area contributed by atoms with Crippen LogP contribution in [0.2, 0.25) is 0 Å². The maximum Gasteiger partial charge on any atom is 0.0352 e. The van der Waals surface area contributed by atoms with E-state index >= 15 is 0 Å². The van der Waals surface area contributed by atoms with E-state index in [0.717, 1.165) is 35.5 Å². The third-order valence-electron chi connectivity index (χ3n) is 8.01. The van der Waals surface area contributed by atoms with Crippen molar-refractivity contribution >= 4 is 11.4 Å². The molecule has 4 rings (SSSR count). The van der Waals surface area contributed by atoms with Gasteiger partial charge >= 0.3 is 0 Å². The van der Waals surface area contributed by atoms with Gasteiger partial charge in [0, 0.05) is 11.4 Å². The summed E-state index contributed by atoms with van der Waals surface area (Å²) in [6.45, 7) is 2.34. The summed E-state index contributed by atoms with van der Waals surface area (Å²) in [6, 6.07) is 15.0. The second kappa shape index (κ2) is 9.90. The first kappa shape index (κ1) is 21.3. The lowest BCUT2D eigenvalue weighted by atomic mass is 9.68. The molecule has 2 aliphatic rings. The van der Waals surface area contributed by atoms with Crippen LogP contribution >= 0.6 is 0 Å². The highest BCUT2D eigenvalue weighted by molar-refractivity contribution is 5.52. The fraction of sp³-hybridized carbons (Fsp3) is 0.571. The third-order valence-corrected chi connectivity index (χ3v) is 8.01. The quantitative estimate of drug-likeness (QED) is 0.495. The van der Waals surface area contributed by atoms with E-state index in [4.69, 9.17) is 11.5 Å². The average Bonchev–Trinajstić information content (AvgIpc) is 2.77. The molecule has 0 aliphatic heterocycles. The molecule has 0 bridgehead atoms. The summed E-state index contributed by atoms with van der Waals surface area (Å²) in [5.41, 5.74) is 18.1. The summed E-state index contributed by atoms with van der Waals surface area (Å²) in [5, 5.41) is 0. The van der Waals surface area contributed by atoms with Crippen LogP contribution in [-0.4, -0.2) is 0 Å². The predicted molar refractivity (Wildman–Crippen MR) is 130 cm³/mol. The van der Waals surface area contributed by atoms with Gasteiger partial charge in [0.05, 0.1) is 0 Å². The standard InChI is InChI=1S/C28H40N2/c1-2-3-20-4-9-23(10-5-20)24-11-13-25(14-12-24)27-17-8-22(19-28(27)30)18-21-6-15-26(29)16-7-21/h6-8,15-17,19-20,23-25H,2-5,9-14,18,29-30H2,1H3. The van der Waals surface area contributed by atoms with E-state index in [1.165, 1.54) is 80.9 Å². The van der Waals surface area contributed by atoms with Crippen LogP contribution in [0, 0.1) is 17.8 Å². The van der Waals surface area contributed by atoms with Crippen molar-refractivity contribution in [3.8, 4) is 0 Å². The first-order valence-corrected chi connectivity index (χ1v) is 12.3. The van der Waals surface area contributed by atoms with Gasteiger partial charge in [0.15, 0.2) is 0 Å². The molecule has 30 heavy (non-hydrogen) atoms. The van der Waals surface area contributed by atoms with Crippen LogP contribution in [-0.2, 0) is 6.42 Å². The van der Waals surface area contributed by atoms with Crippen molar-refractivity contribution in [2.24, 2.45) is 17.8 Å². The van der Waals surface area contributed by atoms with Crippen LogP contribution in [0.3, 0.4) is 0 Å². The zero-order chi connectivity index (χ0) is 20.9. The Morgan fingerprint density at radius 3 is 1.93 bits per heavy atom. The maximum atomic E-state index is 6.53. The summed E-state index contributed by atoms with van der Waals surface area (Å²) >= 11 is 0. The summed E-state index contributed by atoms with van der Waals surface area (Å²) in [5.74, 6) is 3.64. The zero-order valence-electron chi connectivity index (χ0n) is 18.8. The molecular weight excluding hydrogens is 364 g/mol. The molecule has 0 radical (unpaired) electrons. The van der Waals surface area contributed by atoms with E-state index in [2.05, 4.69) is 37.3 Å². The van der Waals surface area contributed by atoms with Gasteiger partial charge in [-0.2, -0.15) is 0 Å². The molecule has 0 aromatic heterocycles. The monoisotopic (exact) mass is 404 g/mol. The molecule has 0 unspecified atom stereocenters. The zero-order valence-corrected chi connectivity index (χ0v) is 18.8. The van der Waals surface area contributed by atoms with Crippen LogP contribution in [0.4, 0.5) is 11.4 Å². The molecular formula is C28H40N2. The third kappa shape index (κ3) is 5.20. The van der Waals surface area contributed by atoms with E-state index in [-0.39, 0.29) is 0 Å². The Morgan fingerprint density at radius 1 is 0.733 bits per heavy atom. The number of nitrogen functional groups attached to an aromatic ring is 2. The van der Waals surface area contributed by atoms with Crippen molar-refractivity contribution in [2.75, 3.05) is 11.5 Å². The Labute approximate surface area is 183 Å². The van der Waals surface area contributed by atoms with Crippen molar-refractivity contribution in [1.82, 2.24) is 0 Å². The fourth-order valence-corrected chi connectivity index (χ4v) is 6.24. The molecule has 2 heteroatoms. The highest BCUT2D eigenvalue weighted by Gasteiger charge is 2.31. The van der Waals surface area contributed by atoms with E-state index in [1.54, 1.807) is 0 Å². The highest BCUT2D eigenvalue weighted by Crippen LogP contribution is 2.45. The van der Waals surface area contributed by atoms with E-state index < -0.39 is 0 Å². The van der Waals surface area contributed by atoms with E-state index in [0.29, 0.717) is 5.92 Å². The first-order valence-electron chi connectivity index (χ1n) is 12.3. The Balaban J connectivity index is 1.31. The van der Waals surface area contributed by atoms with E-state index in [9.17, 15) is 0 Å². The smallest absolute Gasteiger partial charge is 0.0352 e. The van der Waals surface area contributed by atoms with Crippen molar-refractivity contribution in [1.29, 1.82) is 0 Å². The topological polar surface area (TPSA) is 52.0 Å². The number of benzene rings is 2. The van der Waals surface area contributed by atoms with Gasteiger partial charge in [0.1, 0.15) is 0 Å². The number of rotatable bonds is 6. The lowest BCUT2D eigenvalue weighted by Gasteiger charge is -2.38. The molecule has 0 spiro atoms. The Hall–Kier alpha value is -1.96. The number of hydrogen-bond acceptors (Lipinski definition) is 2. The van der Waals surface area contributed by atoms with Crippen LogP contribution in [0.25, 0.3) is 0 Å². The van der Waals surface area contributed by atoms with Crippen molar-refractivity contribution in [3.05, 3.63) is 59.2 Å². The molecule has 0 heterocycles. The van der Waals surface area contributed by atoms with Crippen molar-refractivity contribution in [3.63, 3.8) is 0 Å². The Bertz CT molecular complexity index is 794. The summed E-state index contributed by atoms with van der Waals surface area (Å²) in [6.07, 6.45) is 15.1. The number of anilines is 2. The minimum atomic E-state index is 0.656. The highest BCUT2D eigenvalue weighted by atomic mass is 14.6. The SMILES string of the molecule is CCCC1CCC(C2CCC(c3ccc(Cc4ccc(N)cc4)cc3N)CC2)CC1. The molecule has 2 aromatic rings. The second-order valence-electron chi connectivity index (χ2n) is 10.1. The molecule has 2 aliphatic carbocycles. The van der Waals surface area contributed by atoms with Gasteiger partial charge in [0.25, 0.3) is 0 Å². The van der Waals surface area contributed by atoms with Crippen LogP contribution in [0.15, 0.2) is 42.5 Å². The summed E-state index contributed by atoms with van der Waals surface area (Å²) in [7, 11) is 0. The second-order valence-corrected chi connectivity index (χ2v) is 10.1. The van der Waals surface area contributed by atoms with Gasteiger partial charge in [-0.1, -0.05) is 56.9 Å². The van der Waals surface area contributed by atoms with Gasteiger partial charge in [-0.15, -0.1) is 0 Å². The minimum absolute atomic E-state index is 0.656. The summed E-state index contributed by atoms with van der Waals surface area (Å²) < 4.78 is 0. The molecule has 2 aromatic carbocycles. The lowest BCUT2D eigenvalue weighted by molar-refractivity contribution is 0.156. The molecule has 0 atom stereocenters. The van der Waals surface area contributed by atoms with Crippen molar-refractivity contribution in [2.45, 2.75) is 83.5 Å². The van der Waals surface area contributed by atoms with Crippen molar-refractivity contribution < 1.29 is 0 Å². The molecule has 0 amide bonds. The van der Waals surface area contributed by atoms with Gasteiger partial charge in [-0.3, -0.25) is 0 Å².